The summed E-state index contributed by atoms with van der Waals surface area (Å²) in [6.07, 6.45) is 1.76. The topological polar surface area (TPSA) is 54.9 Å². The van der Waals surface area contributed by atoms with Gasteiger partial charge in [-0.1, -0.05) is 17.7 Å². The van der Waals surface area contributed by atoms with E-state index in [0.29, 0.717) is 27.7 Å². The summed E-state index contributed by atoms with van der Waals surface area (Å²) >= 11 is 6.28. The molecule has 0 atom stereocenters. The van der Waals surface area contributed by atoms with E-state index in [-0.39, 0.29) is 5.91 Å². The lowest BCUT2D eigenvalue weighted by Crippen LogP contribution is -2.14. The van der Waals surface area contributed by atoms with Gasteiger partial charge in [0.25, 0.3) is 5.91 Å². The highest BCUT2D eigenvalue weighted by Gasteiger charge is 2.13. The number of carbonyl (C=O) groups excluding carboxylic acids is 1. The van der Waals surface area contributed by atoms with Gasteiger partial charge in [0.15, 0.2) is 0 Å². The molecule has 1 aromatic carbocycles. The molecule has 1 N–H and O–H groups in total. The van der Waals surface area contributed by atoms with Crippen molar-refractivity contribution in [2.24, 2.45) is 0 Å². The molecule has 132 valence electrons. The fourth-order valence-corrected chi connectivity index (χ4v) is 2.77. The average Bonchev–Trinajstić information content (AvgIpc) is 2.63. The number of alkyl halides is 1. The van der Waals surface area contributed by atoms with E-state index < -0.39 is 6.67 Å². The highest BCUT2D eigenvalue weighted by molar-refractivity contribution is 6.33. The number of aromatic nitrogens is 2. The molecule has 26 heavy (non-hydrogen) atoms. The van der Waals surface area contributed by atoms with Crippen molar-refractivity contribution in [1.29, 1.82) is 0 Å². The zero-order chi connectivity index (χ0) is 18.7. The van der Waals surface area contributed by atoms with Gasteiger partial charge in [0.2, 0.25) is 0 Å². The first-order valence-electron chi connectivity index (χ1n) is 8.04. The molecular formula is C20H17ClFN3O. The number of aryl methyl sites for hydroxylation is 2. The van der Waals surface area contributed by atoms with Crippen LogP contribution < -0.4 is 5.32 Å². The average molecular weight is 370 g/mol. The molecule has 0 aliphatic carbocycles. The molecule has 3 aromatic rings. The first-order valence-corrected chi connectivity index (χ1v) is 8.42. The number of carbonyl (C=O) groups is 1. The van der Waals surface area contributed by atoms with Crippen molar-refractivity contribution in [2.45, 2.75) is 20.5 Å². The maximum absolute atomic E-state index is 12.7. The molecule has 1 amide bonds. The Balaban J connectivity index is 1.87. The lowest BCUT2D eigenvalue weighted by molar-refractivity contribution is 0.102. The molecule has 0 fully saturated rings. The van der Waals surface area contributed by atoms with E-state index in [1.165, 1.54) is 6.07 Å². The van der Waals surface area contributed by atoms with Crippen LogP contribution in [0.4, 0.5) is 10.1 Å². The summed E-state index contributed by atoms with van der Waals surface area (Å²) in [7, 11) is 0. The zero-order valence-electron chi connectivity index (χ0n) is 14.4. The number of hydrogen-bond donors (Lipinski definition) is 1. The van der Waals surface area contributed by atoms with Crippen LogP contribution in [0.2, 0.25) is 5.02 Å². The van der Waals surface area contributed by atoms with E-state index >= 15 is 0 Å². The van der Waals surface area contributed by atoms with E-state index in [9.17, 15) is 9.18 Å². The Labute approximate surface area is 156 Å². The highest BCUT2D eigenvalue weighted by atomic mass is 35.5. The van der Waals surface area contributed by atoms with Crippen LogP contribution in [0.25, 0.3) is 11.3 Å². The second-order valence-corrected chi connectivity index (χ2v) is 6.35. The number of halogens is 2. The number of rotatable bonds is 4. The van der Waals surface area contributed by atoms with Crippen LogP contribution in [0.1, 0.15) is 27.3 Å². The Morgan fingerprint density at radius 2 is 1.96 bits per heavy atom. The lowest BCUT2D eigenvalue weighted by Gasteiger charge is -2.11. The molecule has 0 spiro atoms. The molecule has 0 bridgehead atoms. The van der Waals surface area contributed by atoms with E-state index in [2.05, 4.69) is 15.3 Å². The van der Waals surface area contributed by atoms with Crippen LogP contribution in [-0.4, -0.2) is 15.9 Å². The van der Waals surface area contributed by atoms with Crippen LogP contribution in [-0.2, 0) is 6.67 Å². The number of amides is 1. The van der Waals surface area contributed by atoms with E-state index in [4.69, 9.17) is 11.6 Å². The number of anilines is 1. The molecule has 0 saturated carbocycles. The minimum atomic E-state index is -0.660. The highest BCUT2D eigenvalue weighted by Crippen LogP contribution is 2.29. The number of pyridine rings is 2. The third-order valence-corrected chi connectivity index (χ3v) is 4.27. The molecule has 0 aliphatic heterocycles. The largest absolute Gasteiger partial charge is 0.322 e. The normalized spacial score (nSPS) is 10.6. The van der Waals surface area contributed by atoms with Crippen molar-refractivity contribution in [2.75, 3.05) is 5.32 Å². The van der Waals surface area contributed by atoms with Crippen LogP contribution in [0.3, 0.4) is 0 Å². The number of benzene rings is 1. The lowest BCUT2D eigenvalue weighted by atomic mass is 10.1. The Bertz CT molecular complexity index is 958. The fraction of sp³-hybridized carbons (Fsp3) is 0.150. The van der Waals surface area contributed by atoms with Crippen molar-refractivity contribution in [3.63, 3.8) is 0 Å². The summed E-state index contributed by atoms with van der Waals surface area (Å²) in [5.74, 6) is -0.314. The van der Waals surface area contributed by atoms with E-state index in [0.717, 1.165) is 16.8 Å². The summed E-state index contributed by atoms with van der Waals surface area (Å²) in [6.45, 7) is 2.98. The monoisotopic (exact) mass is 369 g/mol. The van der Waals surface area contributed by atoms with Crippen molar-refractivity contribution < 1.29 is 9.18 Å². The van der Waals surface area contributed by atoms with Crippen molar-refractivity contribution in [3.8, 4) is 11.3 Å². The minimum absolute atomic E-state index is 0.304. The molecule has 0 unspecified atom stereocenters. The summed E-state index contributed by atoms with van der Waals surface area (Å²) in [6, 6.07) is 12.1. The van der Waals surface area contributed by atoms with Crippen molar-refractivity contribution in [3.05, 3.63) is 76.2 Å². The molecular weight excluding hydrogens is 353 g/mol. The van der Waals surface area contributed by atoms with Gasteiger partial charge in [0, 0.05) is 17.4 Å². The summed E-state index contributed by atoms with van der Waals surface area (Å²) < 4.78 is 12.7. The Hall–Kier alpha value is -2.79. The van der Waals surface area contributed by atoms with Crippen molar-refractivity contribution in [1.82, 2.24) is 9.97 Å². The van der Waals surface area contributed by atoms with Gasteiger partial charge in [0.1, 0.15) is 6.67 Å². The Morgan fingerprint density at radius 1 is 1.15 bits per heavy atom. The van der Waals surface area contributed by atoms with Gasteiger partial charge in [-0.05, 0) is 55.8 Å². The van der Waals surface area contributed by atoms with Crippen molar-refractivity contribution >= 4 is 23.2 Å². The standard InChI is InChI=1S/C20H17ClFN3O/c1-12-3-8-19(23-11-12)17-9-14(5-7-18(17)21)25-20(26)16-6-4-15(10-22)24-13(16)2/h3-9,11H,10H2,1-2H3,(H,25,26). The predicted octanol–water partition coefficient (Wildman–Crippen LogP) is 5.14. The summed E-state index contributed by atoms with van der Waals surface area (Å²) in [4.78, 5) is 21.0. The second-order valence-electron chi connectivity index (χ2n) is 5.94. The van der Waals surface area contributed by atoms with Crippen LogP contribution in [0.15, 0.2) is 48.7 Å². The summed E-state index contributed by atoms with van der Waals surface area (Å²) in [5, 5.41) is 3.37. The molecule has 0 radical (unpaired) electrons. The fourth-order valence-electron chi connectivity index (χ4n) is 2.55. The van der Waals surface area contributed by atoms with Gasteiger partial charge < -0.3 is 5.32 Å². The Morgan fingerprint density at radius 3 is 2.62 bits per heavy atom. The number of nitrogens with one attached hydrogen (secondary N) is 1. The molecule has 3 rings (SSSR count). The number of nitrogens with zero attached hydrogens (tertiary/aromatic N) is 2. The van der Waals surface area contributed by atoms with Gasteiger partial charge in [-0.25, -0.2) is 4.39 Å². The van der Waals surface area contributed by atoms with Gasteiger partial charge in [0.05, 0.1) is 27.7 Å². The molecule has 2 heterocycles. The molecule has 6 heteroatoms. The quantitative estimate of drug-likeness (QED) is 0.693. The van der Waals surface area contributed by atoms with Gasteiger partial charge in [-0.2, -0.15) is 0 Å². The molecule has 0 saturated heterocycles. The van der Waals surface area contributed by atoms with E-state index in [1.807, 2.05) is 19.1 Å². The van der Waals surface area contributed by atoms with E-state index in [1.54, 1.807) is 37.4 Å². The third kappa shape index (κ3) is 3.89. The number of hydrogen-bond acceptors (Lipinski definition) is 3. The predicted molar refractivity (Wildman–Crippen MR) is 101 cm³/mol. The first-order chi connectivity index (χ1) is 12.5. The Kier molecular flexibility index (Phi) is 5.28. The third-order valence-electron chi connectivity index (χ3n) is 3.94. The smallest absolute Gasteiger partial charge is 0.257 e. The maximum Gasteiger partial charge on any atom is 0.257 e. The van der Waals surface area contributed by atoms with Gasteiger partial charge in [-0.15, -0.1) is 0 Å². The molecule has 4 nitrogen and oxygen atoms in total. The van der Waals surface area contributed by atoms with Crippen LogP contribution >= 0.6 is 11.6 Å². The van der Waals surface area contributed by atoms with Crippen LogP contribution in [0.5, 0.6) is 0 Å². The van der Waals surface area contributed by atoms with Crippen LogP contribution in [0, 0.1) is 13.8 Å². The molecule has 2 aromatic heterocycles. The minimum Gasteiger partial charge on any atom is -0.322 e. The van der Waals surface area contributed by atoms with Gasteiger partial charge in [-0.3, -0.25) is 14.8 Å². The van der Waals surface area contributed by atoms with Gasteiger partial charge >= 0.3 is 0 Å². The second kappa shape index (κ2) is 7.62. The zero-order valence-corrected chi connectivity index (χ0v) is 15.1. The summed E-state index contributed by atoms with van der Waals surface area (Å²) in [5.41, 5.74) is 4.27. The SMILES string of the molecule is Cc1ccc(-c2cc(NC(=O)c3ccc(CF)nc3C)ccc2Cl)nc1. The maximum atomic E-state index is 12.7. The first kappa shape index (κ1) is 18.0. The molecule has 0 aliphatic rings.